The first-order valence-electron chi connectivity index (χ1n) is 7.94. The Morgan fingerprint density at radius 1 is 1.29 bits per heavy atom. The monoisotopic (exact) mass is 362 g/mol. The Balaban J connectivity index is 1.66. The molecule has 1 aromatic carbocycles. The fraction of sp³-hybridized carbons (Fsp3) is 0.353. The number of benzene rings is 1. The summed E-state index contributed by atoms with van der Waals surface area (Å²) in [5, 5.41) is 0. The van der Waals surface area contributed by atoms with Crippen LogP contribution in [0.25, 0.3) is 6.08 Å². The average molecular weight is 363 g/mol. The van der Waals surface area contributed by atoms with Gasteiger partial charge in [0.25, 0.3) is 5.91 Å². The number of thioether (sulfide) groups is 1. The van der Waals surface area contributed by atoms with E-state index in [0.29, 0.717) is 9.23 Å². The second-order valence-electron chi connectivity index (χ2n) is 6.02. The molecule has 2 aliphatic rings. The van der Waals surface area contributed by atoms with Gasteiger partial charge in [-0.2, -0.15) is 0 Å². The van der Waals surface area contributed by atoms with Gasteiger partial charge in [0.2, 0.25) is 5.91 Å². The summed E-state index contributed by atoms with van der Waals surface area (Å²) in [6, 6.07) is 9.64. The Hall–Kier alpha value is -1.70. The Morgan fingerprint density at radius 3 is 2.62 bits per heavy atom. The molecule has 0 aliphatic carbocycles. The number of hydrogen-bond donors (Lipinski definition) is 1. The number of rotatable bonds is 3. The molecule has 0 aromatic heterocycles. The van der Waals surface area contributed by atoms with Gasteiger partial charge in [-0.25, -0.2) is 0 Å². The van der Waals surface area contributed by atoms with Crippen molar-refractivity contribution >= 4 is 46.2 Å². The third-order valence-electron chi connectivity index (χ3n) is 4.23. The first kappa shape index (κ1) is 17.1. The second kappa shape index (κ2) is 7.46. The summed E-state index contributed by atoms with van der Waals surface area (Å²) >= 11 is 6.56. The van der Waals surface area contributed by atoms with E-state index >= 15 is 0 Å². The van der Waals surface area contributed by atoms with Crippen LogP contribution >= 0.6 is 24.0 Å². The first-order chi connectivity index (χ1) is 11.5. The van der Waals surface area contributed by atoms with E-state index in [1.54, 1.807) is 0 Å². The lowest BCUT2D eigenvalue weighted by Crippen LogP contribution is -3.12. The molecular formula is C17H20N3O2S2+. The number of thiocarbonyl (C=S) groups is 1. The van der Waals surface area contributed by atoms with Crippen molar-refractivity contribution in [3.8, 4) is 0 Å². The lowest BCUT2D eigenvalue weighted by Gasteiger charge is -2.31. The van der Waals surface area contributed by atoms with Gasteiger partial charge in [-0.1, -0.05) is 54.3 Å². The molecule has 2 amide bonds. The zero-order valence-electron chi connectivity index (χ0n) is 13.5. The van der Waals surface area contributed by atoms with E-state index in [1.165, 1.54) is 21.6 Å². The summed E-state index contributed by atoms with van der Waals surface area (Å²) in [6.45, 7) is 3.39. The molecule has 2 saturated heterocycles. The van der Waals surface area contributed by atoms with Crippen LogP contribution < -0.4 is 4.90 Å². The number of hydrogen-bond acceptors (Lipinski definition) is 4. The largest absolute Gasteiger partial charge is 0.334 e. The predicted octanol–water partition coefficient (Wildman–Crippen LogP) is 0.245. The van der Waals surface area contributed by atoms with E-state index in [0.717, 1.165) is 31.7 Å². The predicted molar refractivity (Wildman–Crippen MR) is 99.5 cm³/mol. The average Bonchev–Trinajstić information content (AvgIpc) is 2.84. The molecule has 0 radical (unpaired) electrons. The van der Waals surface area contributed by atoms with Gasteiger partial charge in [-0.05, 0) is 11.6 Å². The van der Waals surface area contributed by atoms with Gasteiger partial charge >= 0.3 is 0 Å². The molecule has 0 atom stereocenters. The molecule has 2 fully saturated rings. The van der Waals surface area contributed by atoms with Gasteiger partial charge in [-0.15, -0.1) is 0 Å². The second-order valence-corrected chi connectivity index (χ2v) is 7.69. The molecule has 24 heavy (non-hydrogen) atoms. The molecule has 0 spiro atoms. The number of carbonyl (C=O) groups excluding carboxylic acids is 2. The van der Waals surface area contributed by atoms with Gasteiger partial charge in [-0.3, -0.25) is 14.5 Å². The molecule has 0 saturated carbocycles. The summed E-state index contributed by atoms with van der Waals surface area (Å²) < 4.78 is 0.454. The van der Waals surface area contributed by atoms with E-state index in [9.17, 15) is 9.59 Å². The van der Waals surface area contributed by atoms with Crippen LogP contribution in [0.2, 0.25) is 0 Å². The standard InChI is InChI=1S/C17H19N3O2S2/c1-18-7-9-19(10-8-18)15(21)12-20-16(22)14(24-17(20)23)11-13-5-3-2-4-6-13/h2-6,11H,7-10,12H2,1H3/p+1/b14-11-. The van der Waals surface area contributed by atoms with Crippen molar-refractivity contribution in [2.24, 2.45) is 0 Å². The summed E-state index contributed by atoms with van der Waals surface area (Å²) in [5.74, 6) is -0.207. The highest BCUT2D eigenvalue weighted by molar-refractivity contribution is 8.26. The molecular weight excluding hydrogens is 342 g/mol. The van der Waals surface area contributed by atoms with E-state index in [2.05, 4.69) is 7.05 Å². The van der Waals surface area contributed by atoms with Crippen LogP contribution in [0.3, 0.4) is 0 Å². The topological polar surface area (TPSA) is 45.1 Å². The zero-order chi connectivity index (χ0) is 17.1. The number of piperazine rings is 1. The number of amides is 2. The Morgan fingerprint density at radius 2 is 1.96 bits per heavy atom. The smallest absolute Gasteiger partial charge is 0.266 e. The number of nitrogens with zero attached hydrogens (tertiary/aromatic N) is 2. The first-order valence-corrected chi connectivity index (χ1v) is 9.16. The maximum absolute atomic E-state index is 12.6. The van der Waals surface area contributed by atoms with Crippen LogP contribution in [0.1, 0.15) is 5.56 Å². The molecule has 0 bridgehead atoms. The van der Waals surface area contributed by atoms with Gasteiger partial charge in [0.15, 0.2) is 0 Å². The Kier molecular flexibility index (Phi) is 5.33. The minimum Gasteiger partial charge on any atom is -0.334 e. The fourth-order valence-corrected chi connectivity index (χ4v) is 3.97. The van der Waals surface area contributed by atoms with Crippen molar-refractivity contribution in [3.63, 3.8) is 0 Å². The van der Waals surface area contributed by atoms with E-state index in [4.69, 9.17) is 12.2 Å². The third kappa shape index (κ3) is 3.85. The molecule has 7 heteroatoms. The molecule has 1 N–H and O–H groups in total. The zero-order valence-corrected chi connectivity index (χ0v) is 15.2. The van der Waals surface area contributed by atoms with Crippen LogP contribution in [0.4, 0.5) is 0 Å². The number of nitrogens with one attached hydrogen (secondary N) is 1. The lowest BCUT2D eigenvalue weighted by molar-refractivity contribution is -0.883. The normalized spacial score (nSPS) is 21.0. The van der Waals surface area contributed by atoms with Gasteiger partial charge in [0, 0.05) is 0 Å². The maximum Gasteiger partial charge on any atom is 0.266 e. The minimum absolute atomic E-state index is 0.0280. The molecule has 0 unspecified atom stereocenters. The SMILES string of the molecule is C[NH+]1CCN(C(=O)CN2C(=O)/C(=C/c3ccccc3)SC2=S)CC1. The van der Waals surface area contributed by atoms with Gasteiger partial charge in [0.05, 0.1) is 38.1 Å². The van der Waals surface area contributed by atoms with Crippen molar-refractivity contribution in [2.45, 2.75) is 0 Å². The van der Waals surface area contributed by atoms with Crippen LogP contribution in [-0.4, -0.2) is 65.7 Å². The number of likely N-dealkylation sites (N-methyl/N-ethyl adjacent to an activating group) is 1. The van der Waals surface area contributed by atoms with Crippen molar-refractivity contribution in [3.05, 3.63) is 40.8 Å². The number of carbonyl (C=O) groups is 2. The van der Waals surface area contributed by atoms with E-state index < -0.39 is 0 Å². The molecule has 2 heterocycles. The molecule has 2 aliphatic heterocycles. The number of quaternary nitrogens is 1. The van der Waals surface area contributed by atoms with Crippen molar-refractivity contribution in [1.29, 1.82) is 0 Å². The Labute approximate surface area is 151 Å². The quantitative estimate of drug-likeness (QED) is 0.618. The summed E-state index contributed by atoms with van der Waals surface area (Å²) in [4.78, 5) is 30.3. The van der Waals surface area contributed by atoms with Gasteiger partial charge in [0.1, 0.15) is 10.9 Å². The summed E-state index contributed by atoms with van der Waals surface area (Å²) in [5.41, 5.74) is 0.950. The molecule has 5 nitrogen and oxygen atoms in total. The van der Waals surface area contributed by atoms with Crippen molar-refractivity contribution in [2.75, 3.05) is 39.8 Å². The highest BCUT2D eigenvalue weighted by atomic mass is 32.2. The highest BCUT2D eigenvalue weighted by Crippen LogP contribution is 2.32. The summed E-state index contributed by atoms with van der Waals surface area (Å²) in [6.07, 6.45) is 1.82. The van der Waals surface area contributed by atoms with Gasteiger partial charge < -0.3 is 9.80 Å². The fourth-order valence-electron chi connectivity index (χ4n) is 2.71. The van der Waals surface area contributed by atoms with Crippen LogP contribution in [0, 0.1) is 0 Å². The van der Waals surface area contributed by atoms with Crippen LogP contribution in [0.5, 0.6) is 0 Å². The van der Waals surface area contributed by atoms with Crippen LogP contribution in [-0.2, 0) is 9.59 Å². The Bertz CT molecular complexity index is 682. The van der Waals surface area contributed by atoms with E-state index in [1.807, 2.05) is 41.3 Å². The lowest BCUT2D eigenvalue weighted by atomic mass is 10.2. The molecule has 126 valence electrons. The molecule has 1 aromatic rings. The van der Waals surface area contributed by atoms with E-state index in [-0.39, 0.29) is 18.4 Å². The third-order valence-corrected chi connectivity index (χ3v) is 5.61. The highest BCUT2D eigenvalue weighted by Gasteiger charge is 2.35. The van der Waals surface area contributed by atoms with Crippen molar-refractivity contribution < 1.29 is 14.5 Å². The minimum atomic E-state index is -0.179. The maximum atomic E-state index is 12.6. The van der Waals surface area contributed by atoms with Crippen LogP contribution in [0.15, 0.2) is 35.2 Å². The molecule has 3 rings (SSSR count). The summed E-state index contributed by atoms with van der Waals surface area (Å²) in [7, 11) is 2.12. The van der Waals surface area contributed by atoms with Crippen molar-refractivity contribution in [1.82, 2.24) is 9.80 Å².